The Hall–Kier alpha value is -2.95. The van der Waals surface area contributed by atoms with Crippen LogP contribution in [0, 0.1) is 11.3 Å². The number of carbonyl (C=O) groups excluding carboxylic acids is 1. The van der Waals surface area contributed by atoms with Crippen LogP contribution in [0.15, 0.2) is 31.0 Å². The lowest BCUT2D eigenvalue weighted by molar-refractivity contribution is 0.101. The highest BCUT2D eigenvalue weighted by atomic mass is 16.5. The summed E-state index contributed by atoms with van der Waals surface area (Å²) < 4.78 is 5.07. The molecule has 2 aromatic rings. The maximum Gasteiger partial charge on any atom is 0.291 e. The van der Waals surface area contributed by atoms with E-state index >= 15 is 0 Å². The number of nitrogens with one attached hydrogen (secondary N) is 3. The van der Waals surface area contributed by atoms with Crippen LogP contribution in [0.3, 0.4) is 0 Å². The Balaban J connectivity index is 1.80. The molecule has 1 fully saturated rings. The molecule has 7 heteroatoms. The lowest BCUT2D eigenvalue weighted by atomic mass is 9.82. The van der Waals surface area contributed by atoms with E-state index in [2.05, 4.69) is 33.2 Å². The first-order valence-corrected chi connectivity index (χ1v) is 10.4. The minimum absolute atomic E-state index is 0.136. The van der Waals surface area contributed by atoms with E-state index in [1.807, 2.05) is 18.2 Å². The van der Waals surface area contributed by atoms with E-state index in [0.717, 1.165) is 41.8 Å². The second-order valence-corrected chi connectivity index (χ2v) is 7.62. The van der Waals surface area contributed by atoms with Crippen molar-refractivity contribution < 1.29 is 9.53 Å². The van der Waals surface area contributed by atoms with Gasteiger partial charge in [-0.1, -0.05) is 31.9 Å². The van der Waals surface area contributed by atoms with Gasteiger partial charge in [0, 0.05) is 25.9 Å². The first-order valence-electron chi connectivity index (χ1n) is 10.4. The van der Waals surface area contributed by atoms with Gasteiger partial charge in [0.15, 0.2) is 5.82 Å². The number of nitrogens with zero attached hydrogens (tertiary/aromatic N) is 2. The van der Waals surface area contributed by atoms with Gasteiger partial charge in [0.1, 0.15) is 11.8 Å². The van der Waals surface area contributed by atoms with Crippen LogP contribution < -0.4 is 10.6 Å². The fraction of sp³-hybridized carbons (Fsp3) is 0.435. The van der Waals surface area contributed by atoms with Gasteiger partial charge in [0.2, 0.25) is 0 Å². The number of rotatable bonds is 9. The molecule has 7 nitrogen and oxygen atoms in total. The van der Waals surface area contributed by atoms with Gasteiger partial charge >= 0.3 is 0 Å². The molecule has 1 aliphatic rings. The van der Waals surface area contributed by atoms with Crippen molar-refractivity contribution in [1.29, 1.82) is 5.26 Å². The maximum absolute atomic E-state index is 12.6. The number of nitriles is 1. The van der Waals surface area contributed by atoms with Crippen LogP contribution in [-0.4, -0.2) is 42.7 Å². The van der Waals surface area contributed by atoms with E-state index in [1.165, 1.54) is 25.5 Å². The second kappa shape index (κ2) is 10.7. The van der Waals surface area contributed by atoms with Crippen LogP contribution in [0.4, 0.5) is 5.69 Å². The van der Waals surface area contributed by atoms with Crippen LogP contribution in [0.1, 0.15) is 65.5 Å². The Bertz CT molecular complexity index is 922. The highest BCUT2D eigenvalue weighted by Crippen LogP contribution is 2.37. The van der Waals surface area contributed by atoms with E-state index in [4.69, 9.17) is 10.00 Å². The van der Waals surface area contributed by atoms with E-state index in [1.54, 1.807) is 7.11 Å². The van der Waals surface area contributed by atoms with Crippen LogP contribution in [0.25, 0.3) is 5.57 Å². The highest BCUT2D eigenvalue weighted by Gasteiger charge is 2.21. The number of amides is 1. The van der Waals surface area contributed by atoms with Crippen LogP contribution in [0.5, 0.6) is 0 Å². The van der Waals surface area contributed by atoms with Gasteiger partial charge in [-0.05, 0) is 47.6 Å². The Kier molecular flexibility index (Phi) is 7.77. The molecule has 1 aliphatic carbocycles. The molecule has 30 heavy (non-hydrogen) atoms. The van der Waals surface area contributed by atoms with Crippen molar-refractivity contribution in [3.63, 3.8) is 0 Å². The summed E-state index contributed by atoms with van der Waals surface area (Å²) >= 11 is 0. The summed E-state index contributed by atoms with van der Waals surface area (Å²) in [6.07, 6.45) is 7.25. The zero-order chi connectivity index (χ0) is 21.3. The van der Waals surface area contributed by atoms with Gasteiger partial charge in [-0.25, -0.2) is 4.98 Å². The first kappa shape index (κ1) is 21.8. The summed E-state index contributed by atoms with van der Waals surface area (Å²) in [4.78, 5) is 19.4. The van der Waals surface area contributed by atoms with Gasteiger partial charge in [-0.15, -0.1) is 0 Å². The number of H-pyrrole nitrogens is 1. The summed E-state index contributed by atoms with van der Waals surface area (Å²) in [5.74, 6) is 0.202. The number of benzene rings is 1. The summed E-state index contributed by atoms with van der Waals surface area (Å²) in [5, 5.41) is 15.2. The SMILES string of the molecule is C=C(CNCCOC)c1ccc(NC(=O)c2ncc(C#N)[nH]2)c(C2CCCCC2)c1. The number of anilines is 1. The van der Waals surface area contributed by atoms with Crippen molar-refractivity contribution in [2.75, 3.05) is 32.1 Å². The average Bonchev–Trinajstić information content (AvgIpc) is 3.27. The summed E-state index contributed by atoms with van der Waals surface area (Å²) in [7, 11) is 1.68. The molecule has 0 atom stereocenters. The number of methoxy groups -OCH3 is 1. The predicted molar refractivity (Wildman–Crippen MR) is 117 cm³/mol. The molecule has 3 N–H and O–H groups in total. The Morgan fingerprint density at radius 3 is 2.87 bits per heavy atom. The first-order chi connectivity index (χ1) is 14.6. The number of carbonyl (C=O) groups is 1. The third-order valence-corrected chi connectivity index (χ3v) is 5.49. The third-order valence-electron chi connectivity index (χ3n) is 5.49. The van der Waals surface area contributed by atoms with Crippen molar-refractivity contribution in [1.82, 2.24) is 15.3 Å². The number of hydrogen-bond acceptors (Lipinski definition) is 5. The smallest absolute Gasteiger partial charge is 0.291 e. The fourth-order valence-corrected chi connectivity index (χ4v) is 3.84. The minimum Gasteiger partial charge on any atom is -0.383 e. The van der Waals surface area contributed by atoms with Gasteiger partial charge in [0.05, 0.1) is 12.8 Å². The molecule has 0 unspecified atom stereocenters. The molecule has 0 aliphatic heterocycles. The number of aromatic nitrogens is 2. The number of hydrogen-bond donors (Lipinski definition) is 3. The highest BCUT2D eigenvalue weighted by molar-refractivity contribution is 6.02. The van der Waals surface area contributed by atoms with Gasteiger partial charge in [0.25, 0.3) is 5.91 Å². The van der Waals surface area contributed by atoms with E-state index < -0.39 is 0 Å². The number of aromatic amines is 1. The molecule has 0 saturated heterocycles. The molecular weight excluding hydrogens is 378 g/mol. The molecule has 0 radical (unpaired) electrons. The number of ether oxygens (including phenoxy) is 1. The van der Waals surface area contributed by atoms with E-state index in [9.17, 15) is 4.79 Å². The molecule has 0 spiro atoms. The molecule has 158 valence electrons. The average molecular weight is 408 g/mol. The largest absolute Gasteiger partial charge is 0.383 e. The van der Waals surface area contributed by atoms with Crippen molar-refractivity contribution in [2.24, 2.45) is 0 Å². The van der Waals surface area contributed by atoms with E-state index in [0.29, 0.717) is 19.1 Å². The fourth-order valence-electron chi connectivity index (χ4n) is 3.84. The standard InChI is InChI=1S/C23H29N5O2/c1-16(14-25-10-11-30-2)18-8-9-21(20(12-18)17-6-4-3-5-7-17)28-23(29)22-26-15-19(13-24)27-22/h8-9,12,15,17,25H,1,3-7,10-11,14H2,2H3,(H,26,27)(H,28,29). The topological polar surface area (TPSA) is 103 Å². The van der Waals surface area contributed by atoms with Crippen molar-refractivity contribution in [3.8, 4) is 6.07 Å². The van der Waals surface area contributed by atoms with E-state index in [-0.39, 0.29) is 17.4 Å². The normalized spacial score (nSPS) is 14.3. The Labute approximate surface area is 177 Å². The maximum atomic E-state index is 12.6. The van der Waals surface area contributed by atoms with Crippen LogP contribution in [0.2, 0.25) is 0 Å². The quantitative estimate of drug-likeness (QED) is 0.548. The van der Waals surface area contributed by atoms with Crippen molar-refractivity contribution >= 4 is 17.2 Å². The Morgan fingerprint density at radius 1 is 1.37 bits per heavy atom. The van der Waals surface area contributed by atoms with Gasteiger partial charge in [-0.3, -0.25) is 4.79 Å². The third kappa shape index (κ3) is 5.56. The van der Waals surface area contributed by atoms with Gasteiger partial charge < -0.3 is 20.4 Å². The lowest BCUT2D eigenvalue weighted by Crippen LogP contribution is -2.21. The number of imidazole rings is 1. The lowest BCUT2D eigenvalue weighted by Gasteiger charge is -2.25. The molecule has 1 amide bonds. The zero-order valence-corrected chi connectivity index (χ0v) is 17.5. The molecule has 1 saturated carbocycles. The Morgan fingerprint density at radius 2 is 2.17 bits per heavy atom. The van der Waals surface area contributed by atoms with Crippen LogP contribution >= 0.6 is 0 Å². The molecule has 1 heterocycles. The monoisotopic (exact) mass is 407 g/mol. The summed E-state index contributed by atoms with van der Waals surface area (Å²) in [6, 6.07) is 8.05. The molecular formula is C23H29N5O2. The van der Waals surface area contributed by atoms with Crippen LogP contribution in [-0.2, 0) is 4.74 Å². The zero-order valence-electron chi connectivity index (χ0n) is 17.5. The molecule has 1 aromatic heterocycles. The second-order valence-electron chi connectivity index (χ2n) is 7.62. The molecule has 3 rings (SSSR count). The van der Waals surface area contributed by atoms with Crippen molar-refractivity contribution in [3.05, 3.63) is 53.6 Å². The predicted octanol–water partition coefficient (Wildman–Crippen LogP) is 3.83. The molecule has 1 aromatic carbocycles. The minimum atomic E-state index is -0.346. The summed E-state index contributed by atoms with van der Waals surface area (Å²) in [6.45, 7) is 6.34. The molecule has 0 bridgehead atoms. The van der Waals surface area contributed by atoms with Crippen molar-refractivity contribution in [2.45, 2.75) is 38.0 Å². The van der Waals surface area contributed by atoms with Gasteiger partial charge in [-0.2, -0.15) is 5.26 Å². The summed E-state index contributed by atoms with van der Waals surface area (Å²) in [5.41, 5.74) is 4.28.